The molecule has 0 aliphatic heterocycles. The summed E-state index contributed by atoms with van der Waals surface area (Å²) in [7, 11) is 0. The lowest BCUT2D eigenvalue weighted by Crippen LogP contribution is -2.59. The van der Waals surface area contributed by atoms with Crippen LogP contribution in [0.2, 0.25) is 0 Å². The number of hydroxylamine groups is 2. The first-order valence-electron chi connectivity index (χ1n) is 19.4. The molecule has 1 N–H and O–H groups in total. The normalized spacial score (nSPS) is 12.7. The Labute approximate surface area is 289 Å². The summed E-state index contributed by atoms with van der Waals surface area (Å²) in [4.78, 5) is 43.4. The molecular formula is C38H73NO6S. The van der Waals surface area contributed by atoms with E-state index in [2.05, 4.69) is 26.5 Å². The van der Waals surface area contributed by atoms with E-state index in [4.69, 9.17) is 9.57 Å². The standard InChI is InChI=1S/C38H73NO6S/c1-4-7-9-11-13-15-17-19-21-23-25-27-29-31-35(40)44-38(34-46,37(42)43)39(33-6-3)45-36(41)32-30-28-26-24-22-20-18-16-14-12-10-8-5-2/h46H,4-34H2,1-3H3,(H,42,43). The van der Waals surface area contributed by atoms with Crippen molar-refractivity contribution in [2.45, 2.75) is 213 Å². The van der Waals surface area contributed by atoms with Gasteiger partial charge in [-0.3, -0.25) is 9.59 Å². The quantitative estimate of drug-likeness (QED) is 0.0228. The summed E-state index contributed by atoms with van der Waals surface area (Å²) in [6.45, 7) is 6.48. The molecule has 0 saturated carbocycles. The Balaban J connectivity index is 4.34. The van der Waals surface area contributed by atoms with E-state index in [1.165, 1.54) is 122 Å². The summed E-state index contributed by atoms with van der Waals surface area (Å²) >= 11 is 4.23. The van der Waals surface area contributed by atoms with E-state index in [1.54, 1.807) is 0 Å². The zero-order valence-corrected chi connectivity index (χ0v) is 31.2. The van der Waals surface area contributed by atoms with Crippen molar-refractivity contribution in [1.29, 1.82) is 0 Å². The number of thiol groups is 1. The number of hydrogen-bond donors (Lipinski definition) is 2. The van der Waals surface area contributed by atoms with Crippen LogP contribution in [-0.2, 0) is 24.0 Å². The second-order valence-corrected chi connectivity index (χ2v) is 13.6. The number of ether oxygens (including phenoxy) is 1. The number of rotatable bonds is 35. The van der Waals surface area contributed by atoms with Crippen molar-refractivity contribution in [2.24, 2.45) is 0 Å². The molecule has 0 aliphatic rings. The van der Waals surface area contributed by atoms with Crippen molar-refractivity contribution < 1.29 is 29.1 Å². The van der Waals surface area contributed by atoms with Gasteiger partial charge in [0.15, 0.2) is 0 Å². The van der Waals surface area contributed by atoms with E-state index in [0.717, 1.165) is 37.2 Å². The van der Waals surface area contributed by atoms with Crippen LogP contribution in [0.1, 0.15) is 207 Å². The van der Waals surface area contributed by atoms with Gasteiger partial charge in [0, 0.05) is 19.4 Å². The summed E-state index contributed by atoms with van der Waals surface area (Å²) in [5.74, 6) is -2.81. The highest BCUT2D eigenvalue weighted by atomic mass is 32.1. The molecule has 0 saturated heterocycles. The van der Waals surface area contributed by atoms with Gasteiger partial charge < -0.3 is 14.7 Å². The van der Waals surface area contributed by atoms with Crippen LogP contribution in [0.15, 0.2) is 0 Å². The van der Waals surface area contributed by atoms with Crippen molar-refractivity contribution in [3.8, 4) is 0 Å². The lowest BCUT2D eigenvalue weighted by atomic mass is 10.0. The second-order valence-electron chi connectivity index (χ2n) is 13.3. The molecule has 0 rings (SSSR count). The molecule has 0 radical (unpaired) electrons. The maximum atomic E-state index is 12.7. The molecule has 0 heterocycles. The number of carbonyl (C=O) groups is 3. The number of esters is 1. The number of nitrogens with zero attached hydrogens (tertiary/aromatic N) is 1. The zero-order chi connectivity index (χ0) is 34.1. The lowest BCUT2D eigenvalue weighted by molar-refractivity contribution is -0.276. The fourth-order valence-electron chi connectivity index (χ4n) is 5.87. The molecule has 0 aromatic carbocycles. The van der Waals surface area contributed by atoms with Crippen LogP contribution < -0.4 is 0 Å². The fourth-order valence-corrected chi connectivity index (χ4v) is 6.22. The molecule has 1 atom stereocenters. The molecule has 0 amide bonds. The van der Waals surface area contributed by atoms with Gasteiger partial charge >= 0.3 is 23.6 Å². The first kappa shape index (κ1) is 44.7. The summed E-state index contributed by atoms with van der Waals surface area (Å²) in [6, 6.07) is 0. The summed E-state index contributed by atoms with van der Waals surface area (Å²) in [5, 5.41) is 11.1. The van der Waals surface area contributed by atoms with Crippen molar-refractivity contribution in [3.63, 3.8) is 0 Å². The molecule has 0 fully saturated rings. The third-order valence-corrected chi connectivity index (χ3v) is 9.27. The molecule has 272 valence electrons. The third-order valence-electron chi connectivity index (χ3n) is 8.84. The van der Waals surface area contributed by atoms with Gasteiger partial charge in [-0.15, -0.1) is 0 Å². The molecule has 8 heteroatoms. The first-order chi connectivity index (χ1) is 22.4. The first-order valence-corrected chi connectivity index (χ1v) is 20.1. The van der Waals surface area contributed by atoms with Gasteiger partial charge in [0.2, 0.25) is 0 Å². The molecule has 0 aromatic rings. The van der Waals surface area contributed by atoms with Crippen LogP contribution >= 0.6 is 12.6 Å². The Morgan fingerprint density at radius 1 is 0.522 bits per heavy atom. The molecule has 0 bridgehead atoms. The smallest absolute Gasteiger partial charge is 0.368 e. The average Bonchev–Trinajstić information content (AvgIpc) is 3.04. The average molecular weight is 672 g/mol. The summed E-state index contributed by atoms with van der Waals surface area (Å²) in [6.07, 6.45) is 32.2. The minimum absolute atomic E-state index is 0.128. The number of carboxylic acid groups (broad SMARTS) is 1. The van der Waals surface area contributed by atoms with Crippen LogP contribution in [0.5, 0.6) is 0 Å². The maximum Gasteiger partial charge on any atom is 0.368 e. The highest BCUT2D eigenvalue weighted by Crippen LogP contribution is 2.24. The van der Waals surface area contributed by atoms with Gasteiger partial charge in [-0.1, -0.05) is 180 Å². The van der Waals surface area contributed by atoms with Crippen molar-refractivity contribution >= 4 is 30.5 Å². The molecule has 0 aromatic heterocycles. The number of unbranched alkanes of at least 4 members (excludes halogenated alkanes) is 24. The molecule has 0 spiro atoms. The van der Waals surface area contributed by atoms with Gasteiger partial charge in [-0.2, -0.15) is 12.6 Å². The van der Waals surface area contributed by atoms with Gasteiger partial charge in [-0.05, 0) is 19.3 Å². The van der Waals surface area contributed by atoms with Gasteiger partial charge in [0.05, 0.1) is 5.75 Å². The van der Waals surface area contributed by atoms with Gasteiger partial charge in [-0.25, -0.2) is 4.79 Å². The Morgan fingerprint density at radius 3 is 1.15 bits per heavy atom. The van der Waals surface area contributed by atoms with E-state index in [9.17, 15) is 19.5 Å². The maximum absolute atomic E-state index is 12.7. The lowest BCUT2D eigenvalue weighted by Gasteiger charge is -2.36. The minimum atomic E-state index is -2.14. The predicted octanol–water partition coefficient (Wildman–Crippen LogP) is 11.4. The van der Waals surface area contributed by atoms with Crippen molar-refractivity contribution in [2.75, 3.05) is 12.3 Å². The Bertz CT molecular complexity index is 736. The largest absolute Gasteiger partial charge is 0.477 e. The SMILES string of the molecule is CCCCCCCCCCCCCCCC(=O)ON(CCC)C(CS)(OC(=O)CCCCCCCCCCCCCCC)C(=O)O. The van der Waals surface area contributed by atoms with Crippen LogP contribution in [0, 0.1) is 0 Å². The highest BCUT2D eigenvalue weighted by Gasteiger charge is 2.49. The fraction of sp³-hybridized carbons (Fsp3) is 0.921. The molecule has 46 heavy (non-hydrogen) atoms. The summed E-state index contributed by atoms with van der Waals surface area (Å²) < 4.78 is 5.53. The topological polar surface area (TPSA) is 93.1 Å². The Hall–Kier alpha value is -1.28. The van der Waals surface area contributed by atoms with E-state index in [0.29, 0.717) is 19.3 Å². The third kappa shape index (κ3) is 23.9. The van der Waals surface area contributed by atoms with Crippen LogP contribution in [0.25, 0.3) is 0 Å². The Kier molecular flexibility index (Phi) is 31.4. The second kappa shape index (κ2) is 32.3. The van der Waals surface area contributed by atoms with Gasteiger partial charge in [0.25, 0.3) is 0 Å². The number of hydrogen-bond acceptors (Lipinski definition) is 7. The van der Waals surface area contributed by atoms with Gasteiger partial charge in [0.1, 0.15) is 0 Å². The zero-order valence-electron chi connectivity index (χ0n) is 30.3. The predicted molar refractivity (Wildman–Crippen MR) is 194 cm³/mol. The van der Waals surface area contributed by atoms with E-state index >= 15 is 0 Å². The van der Waals surface area contributed by atoms with Crippen molar-refractivity contribution in [3.05, 3.63) is 0 Å². The van der Waals surface area contributed by atoms with E-state index in [1.807, 2.05) is 6.92 Å². The monoisotopic (exact) mass is 672 g/mol. The summed E-state index contributed by atoms with van der Waals surface area (Å²) in [5.41, 5.74) is -2.14. The molecule has 0 aliphatic carbocycles. The molecule has 1 unspecified atom stereocenters. The van der Waals surface area contributed by atoms with Crippen molar-refractivity contribution in [1.82, 2.24) is 5.06 Å². The van der Waals surface area contributed by atoms with E-state index < -0.39 is 23.6 Å². The van der Waals surface area contributed by atoms with Crippen LogP contribution in [-0.4, -0.2) is 46.1 Å². The number of carboxylic acids is 1. The number of aliphatic carboxylic acids is 1. The van der Waals surface area contributed by atoms with E-state index in [-0.39, 0.29) is 25.1 Å². The van der Waals surface area contributed by atoms with Crippen LogP contribution in [0.3, 0.4) is 0 Å². The Morgan fingerprint density at radius 2 is 0.848 bits per heavy atom. The van der Waals surface area contributed by atoms with Crippen LogP contribution in [0.4, 0.5) is 0 Å². The molecular weight excluding hydrogens is 598 g/mol. The highest BCUT2D eigenvalue weighted by molar-refractivity contribution is 7.80. The molecule has 7 nitrogen and oxygen atoms in total. The minimum Gasteiger partial charge on any atom is -0.477 e. The number of carbonyl (C=O) groups excluding carboxylic acids is 2.